The Kier molecular flexibility index (Phi) is 5.45. The summed E-state index contributed by atoms with van der Waals surface area (Å²) < 4.78 is 11.9. The number of para-hydroxylation sites is 1. The van der Waals surface area contributed by atoms with Gasteiger partial charge in [0.25, 0.3) is 11.5 Å². The highest BCUT2D eigenvalue weighted by Gasteiger charge is 2.20. The molecule has 1 amide bonds. The van der Waals surface area contributed by atoms with Gasteiger partial charge in [-0.25, -0.2) is 4.68 Å². The maximum atomic E-state index is 12.3. The zero-order valence-electron chi connectivity index (χ0n) is 14.1. The van der Waals surface area contributed by atoms with E-state index in [1.54, 1.807) is 7.11 Å². The van der Waals surface area contributed by atoms with E-state index in [1.807, 2.05) is 24.3 Å². The lowest BCUT2D eigenvalue weighted by Crippen LogP contribution is -2.36. The van der Waals surface area contributed by atoms with Gasteiger partial charge < -0.3 is 14.8 Å². The molecular formula is C18H21N3O4. The van der Waals surface area contributed by atoms with Gasteiger partial charge in [-0.1, -0.05) is 18.2 Å². The highest BCUT2D eigenvalue weighted by Crippen LogP contribution is 2.26. The van der Waals surface area contributed by atoms with E-state index in [4.69, 9.17) is 9.47 Å². The van der Waals surface area contributed by atoms with Crippen molar-refractivity contribution in [1.29, 1.82) is 0 Å². The van der Waals surface area contributed by atoms with E-state index >= 15 is 0 Å². The minimum Gasteiger partial charge on any atom is -0.493 e. The fourth-order valence-electron chi connectivity index (χ4n) is 2.76. The topological polar surface area (TPSA) is 82.5 Å². The van der Waals surface area contributed by atoms with Gasteiger partial charge in [0, 0.05) is 25.6 Å². The summed E-state index contributed by atoms with van der Waals surface area (Å²) in [7, 11) is 1.55. The molecule has 1 aliphatic rings. The van der Waals surface area contributed by atoms with Gasteiger partial charge in [-0.05, 0) is 24.1 Å². The Morgan fingerprint density at radius 2 is 2.20 bits per heavy atom. The monoisotopic (exact) mass is 343 g/mol. The highest BCUT2D eigenvalue weighted by atomic mass is 16.5. The van der Waals surface area contributed by atoms with E-state index in [9.17, 15) is 9.59 Å². The number of hydrogen-bond donors (Lipinski definition) is 1. The predicted molar refractivity (Wildman–Crippen MR) is 91.8 cm³/mol. The molecule has 1 aliphatic heterocycles. The average Bonchev–Trinajstić information content (AvgIpc) is 2.65. The molecule has 2 heterocycles. The average molecular weight is 343 g/mol. The summed E-state index contributed by atoms with van der Waals surface area (Å²) in [6.07, 6.45) is 0.858. The van der Waals surface area contributed by atoms with Crippen molar-refractivity contribution in [3.63, 3.8) is 0 Å². The van der Waals surface area contributed by atoms with E-state index < -0.39 is 0 Å². The Morgan fingerprint density at radius 3 is 3.04 bits per heavy atom. The van der Waals surface area contributed by atoms with Crippen molar-refractivity contribution in [3.05, 3.63) is 58.0 Å². The second kappa shape index (κ2) is 7.94. The fraction of sp³-hybridized carbons (Fsp3) is 0.389. The van der Waals surface area contributed by atoms with E-state index in [0.29, 0.717) is 26.3 Å². The quantitative estimate of drug-likeness (QED) is 0.842. The van der Waals surface area contributed by atoms with Crippen molar-refractivity contribution in [2.45, 2.75) is 13.0 Å². The molecule has 1 aromatic carbocycles. The summed E-state index contributed by atoms with van der Waals surface area (Å²) in [6, 6.07) is 10.7. The number of benzene rings is 1. The molecule has 132 valence electrons. The van der Waals surface area contributed by atoms with Crippen LogP contribution in [0.3, 0.4) is 0 Å². The SMILES string of the molecule is COCCn1nc(C(=O)NCC2COc3ccccc3C2)ccc1=O. The van der Waals surface area contributed by atoms with Crippen LogP contribution in [-0.4, -0.2) is 42.6 Å². The van der Waals surface area contributed by atoms with Crippen LogP contribution in [0.4, 0.5) is 0 Å². The predicted octanol–water partition coefficient (Wildman–Crippen LogP) is 0.871. The van der Waals surface area contributed by atoms with E-state index in [0.717, 1.165) is 17.7 Å². The van der Waals surface area contributed by atoms with Gasteiger partial charge in [0.1, 0.15) is 11.4 Å². The third-order valence-electron chi connectivity index (χ3n) is 4.11. The number of nitrogens with zero attached hydrogens (tertiary/aromatic N) is 2. The molecule has 1 unspecified atom stereocenters. The van der Waals surface area contributed by atoms with Crippen LogP contribution in [0.25, 0.3) is 0 Å². The molecule has 1 atom stereocenters. The zero-order valence-corrected chi connectivity index (χ0v) is 14.1. The van der Waals surface area contributed by atoms with Crippen LogP contribution >= 0.6 is 0 Å². The lowest BCUT2D eigenvalue weighted by atomic mass is 9.97. The van der Waals surface area contributed by atoms with Crippen LogP contribution in [0.2, 0.25) is 0 Å². The number of aromatic nitrogens is 2. The van der Waals surface area contributed by atoms with Crippen LogP contribution in [0, 0.1) is 5.92 Å². The molecule has 7 nitrogen and oxygen atoms in total. The normalized spacial score (nSPS) is 16.0. The summed E-state index contributed by atoms with van der Waals surface area (Å²) in [5.74, 6) is 0.820. The van der Waals surface area contributed by atoms with Gasteiger partial charge in [0.05, 0.1) is 19.8 Å². The Balaban J connectivity index is 1.59. The molecular weight excluding hydrogens is 322 g/mol. The molecule has 7 heteroatoms. The molecule has 0 spiro atoms. The number of ether oxygens (including phenoxy) is 2. The Hall–Kier alpha value is -2.67. The first kappa shape index (κ1) is 17.2. The largest absolute Gasteiger partial charge is 0.493 e. The molecule has 0 bridgehead atoms. The number of methoxy groups -OCH3 is 1. The van der Waals surface area contributed by atoms with Crippen LogP contribution in [0.15, 0.2) is 41.2 Å². The highest BCUT2D eigenvalue weighted by molar-refractivity contribution is 5.91. The summed E-state index contributed by atoms with van der Waals surface area (Å²) in [5.41, 5.74) is 1.11. The van der Waals surface area contributed by atoms with Crippen molar-refractivity contribution in [3.8, 4) is 5.75 Å². The summed E-state index contributed by atoms with van der Waals surface area (Å²) in [6.45, 7) is 1.73. The van der Waals surface area contributed by atoms with Gasteiger partial charge in [0.15, 0.2) is 0 Å². The second-order valence-corrected chi connectivity index (χ2v) is 5.97. The van der Waals surface area contributed by atoms with Crippen LogP contribution in [0.1, 0.15) is 16.1 Å². The second-order valence-electron chi connectivity index (χ2n) is 5.97. The van der Waals surface area contributed by atoms with Crippen LogP contribution in [0.5, 0.6) is 5.75 Å². The molecule has 0 saturated carbocycles. The number of carbonyl (C=O) groups is 1. The molecule has 3 rings (SSSR count). The van der Waals surface area contributed by atoms with Crippen molar-refractivity contribution < 1.29 is 14.3 Å². The van der Waals surface area contributed by atoms with E-state index in [1.165, 1.54) is 16.8 Å². The number of fused-ring (bicyclic) bond motifs is 1. The molecule has 2 aromatic rings. The van der Waals surface area contributed by atoms with E-state index in [2.05, 4.69) is 10.4 Å². The Labute approximate surface area is 145 Å². The minimum atomic E-state index is -0.301. The molecule has 0 fully saturated rings. The maximum absolute atomic E-state index is 12.3. The fourth-order valence-corrected chi connectivity index (χ4v) is 2.76. The first-order chi connectivity index (χ1) is 12.2. The van der Waals surface area contributed by atoms with Gasteiger partial charge >= 0.3 is 0 Å². The standard InChI is InChI=1S/C18H21N3O4/c1-24-9-8-21-17(22)7-6-15(20-21)18(23)19-11-13-10-14-4-2-3-5-16(14)25-12-13/h2-7,13H,8-12H2,1H3,(H,19,23). The Bertz CT molecular complexity index is 803. The minimum absolute atomic E-state index is 0.207. The van der Waals surface area contributed by atoms with Crippen molar-refractivity contribution >= 4 is 5.91 Å². The third-order valence-corrected chi connectivity index (χ3v) is 4.11. The smallest absolute Gasteiger partial charge is 0.271 e. The van der Waals surface area contributed by atoms with Crippen LogP contribution < -0.4 is 15.6 Å². The first-order valence-corrected chi connectivity index (χ1v) is 8.23. The van der Waals surface area contributed by atoms with Crippen molar-refractivity contribution in [2.75, 3.05) is 26.9 Å². The molecule has 0 radical (unpaired) electrons. The molecule has 1 N–H and O–H groups in total. The molecule has 0 saturated heterocycles. The van der Waals surface area contributed by atoms with Crippen molar-refractivity contribution in [2.24, 2.45) is 5.92 Å². The summed E-state index contributed by atoms with van der Waals surface area (Å²) in [5, 5.41) is 6.96. The lowest BCUT2D eigenvalue weighted by Gasteiger charge is -2.25. The van der Waals surface area contributed by atoms with E-state index in [-0.39, 0.29) is 23.1 Å². The summed E-state index contributed by atoms with van der Waals surface area (Å²) >= 11 is 0. The number of carbonyl (C=O) groups excluding carboxylic acids is 1. The molecule has 0 aliphatic carbocycles. The van der Waals surface area contributed by atoms with Gasteiger partial charge in [-0.2, -0.15) is 5.10 Å². The number of rotatable bonds is 6. The first-order valence-electron chi connectivity index (χ1n) is 8.23. The zero-order chi connectivity index (χ0) is 17.6. The van der Waals surface area contributed by atoms with Crippen molar-refractivity contribution in [1.82, 2.24) is 15.1 Å². The number of nitrogens with one attached hydrogen (secondary N) is 1. The van der Waals surface area contributed by atoms with Crippen LogP contribution in [-0.2, 0) is 17.7 Å². The number of amides is 1. The maximum Gasteiger partial charge on any atom is 0.271 e. The van der Waals surface area contributed by atoms with Gasteiger partial charge in [-0.15, -0.1) is 0 Å². The number of hydrogen-bond acceptors (Lipinski definition) is 5. The third kappa shape index (κ3) is 4.24. The van der Waals surface area contributed by atoms with Gasteiger partial charge in [-0.3, -0.25) is 9.59 Å². The molecule has 25 heavy (non-hydrogen) atoms. The molecule has 1 aromatic heterocycles. The summed E-state index contributed by atoms with van der Waals surface area (Å²) in [4.78, 5) is 24.0. The Morgan fingerprint density at radius 1 is 1.36 bits per heavy atom. The van der Waals surface area contributed by atoms with Gasteiger partial charge in [0.2, 0.25) is 0 Å². The lowest BCUT2D eigenvalue weighted by molar-refractivity contribution is 0.0930.